The summed E-state index contributed by atoms with van der Waals surface area (Å²) in [6, 6.07) is 36.5. The molecule has 3 aromatic heterocycles. The first-order chi connectivity index (χ1) is 23.5. The van der Waals surface area contributed by atoms with Gasteiger partial charge in [-0.05, 0) is 81.6 Å². The van der Waals surface area contributed by atoms with Gasteiger partial charge in [-0.15, -0.1) is 35.7 Å². The second-order valence-electron chi connectivity index (χ2n) is 14.9. The number of rotatable bonds is 9. The van der Waals surface area contributed by atoms with Crippen LogP contribution < -0.4 is 4.74 Å². The van der Waals surface area contributed by atoms with Crippen LogP contribution in [-0.2, 0) is 39.3 Å². The van der Waals surface area contributed by atoms with Crippen LogP contribution in [0.25, 0.3) is 44.4 Å². The van der Waals surface area contributed by atoms with E-state index in [0.717, 1.165) is 51.7 Å². The number of fused-ring (bicyclic) bond motifs is 3. The molecule has 0 spiro atoms. The molecule has 0 aliphatic carbocycles. The minimum atomic E-state index is -0.00152. The third kappa shape index (κ3) is 7.21. The monoisotopic (exact) mass is 839 g/mol. The van der Waals surface area contributed by atoms with Crippen molar-refractivity contribution in [1.82, 2.24) is 19.3 Å². The largest absolute Gasteiger partial charge is 2.00 e. The maximum atomic E-state index is 6.44. The summed E-state index contributed by atoms with van der Waals surface area (Å²) in [4.78, 5) is 4.80. The summed E-state index contributed by atoms with van der Waals surface area (Å²) in [5, 5.41) is 7.05. The maximum Gasteiger partial charge on any atom is 2.00 e. The van der Waals surface area contributed by atoms with E-state index in [9.17, 15) is 0 Å². The molecule has 0 fully saturated rings. The van der Waals surface area contributed by atoms with Crippen LogP contribution >= 0.6 is 0 Å². The molecule has 6 heteroatoms. The van der Waals surface area contributed by atoms with Gasteiger partial charge in [-0.25, -0.2) is 4.98 Å². The Morgan fingerprint density at radius 2 is 1.46 bits per heavy atom. The number of aromatic nitrogens is 4. The number of pyridine rings is 1. The summed E-state index contributed by atoms with van der Waals surface area (Å²) in [5.41, 5.74) is 9.22. The first-order valence-electron chi connectivity index (χ1n) is 17.3. The molecule has 0 radical (unpaired) electrons. The van der Waals surface area contributed by atoms with Gasteiger partial charge in [-0.1, -0.05) is 90.4 Å². The Morgan fingerprint density at radius 1 is 0.760 bits per heavy atom. The van der Waals surface area contributed by atoms with E-state index in [4.69, 9.17) is 14.8 Å². The van der Waals surface area contributed by atoms with E-state index in [2.05, 4.69) is 132 Å². The molecule has 0 amide bonds. The molecule has 4 aromatic carbocycles. The fourth-order valence-electron chi connectivity index (χ4n) is 6.75. The molecule has 7 rings (SSSR count). The third-order valence-electron chi connectivity index (χ3n) is 8.98. The number of hydrogen-bond acceptors (Lipinski definition) is 3. The molecule has 50 heavy (non-hydrogen) atoms. The van der Waals surface area contributed by atoms with E-state index in [1.165, 1.54) is 22.3 Å². The summed E-state index contributed by atoms with van der Waals surface area (Å²) in [6.07, 6.45) is 8.05. The second kappa shape index (κ2) is 14.4. The topological polar surface area (TPSA) is 44.9 Å². The Labute approximate surface area is 310 Å². The van der Waals surface area contributed by atoms with Crippen molar-refractivity contribution in [3.63, 3.8) is 0 Å². The van der Waals surface area contributed by atoms with Crippen molar-refractivity contribution in [2.24, 2.45) is 11.8 Å². The Bertz CT molecular complexity index is 2240. The molecule has 0 atom stereocenters. The molecule has 0 unspecified atom stereocenters. The molecular formula is C44H44N4OPt. The maximum absolute atomic E-state index is 6.44. The second-order valence-corrected chi connectivity index (χ2v) is 14.9. The molecule has 0 aliphatic heterocycles. The van der Waals surface area contributed by atoms with Crippen molar-refractivity contribution < 1.29 is 25.8 Å². The van der Waals surface area contributed by atoms with E-state index in [1.807, 2.05) is 41.3 Å². The Kier molecular flexibility index (Phi) is 10.2. The van der Waals surface area contributed by atoms with Gasteiger partial charge in [0, 0.05) is 35.0 Å². The minimum Gasteiger partial charge on any atom is -0.509 e. The van der Waals surface area contributed by atoms with Crippen LogP contribution in [0.3, 0.4) is 0 Å². The summed E-state index contributed by atoms with van der Waals surface area (Å²) in [6.45, 7) is 15.8. The quantitative estimate of drug-likeness (QED) is 0.136. The van der Waals surface area contributed by atoms with E-state index in [1.54, 1.807) is 0 Å². The molecule has 0 N–H and O–H groups in total. The van der Waals surface area contributed by atoms with Gasteiger partial charge in [0.1, 0.15) is 5.82 Å². The van der Waals surface area contributed by atoms with Gasteiger partial charge in [0.25, 0.3) is 0 Å². The van der Waals surface area contributed by atoms with Crippen molar-refractivity contribution in [2.45, 2.75) is 66.7 Å². The van der Waals surface area contributed by atoms with Gasteiger partial charge in [0.05, 0.1) is 6.20 Å². The normalized spacial score (nSPS) is 11.9. The smallest absolute Gasteiger partial charge is 0.509 e. The summed E-state index contributed by atoms with van der Waals surface area (Å²) >= 11 is 0. The third-order valence-corrected chi connectivity index (χ3v) is 8.98. The van der Waals surface area contributed by atoms with Crippen LogP contribution in [-0.4, -0.2) is 19.3 Å². The van der Waals surface area contributed by atoms with Crippen LogP contribution in [0.4, 0.5) is 0 Å². The molecule has 0 saturated carbocycles. The van der Waals surface area contributed by atoms with Gasteiger partial charge < -0.3 is 9.30 Å². The van der Waals surface area contributed by atoms with E-state index < -0.39 is 0 Å². The fourth-order valence-corrected chi connectivity index (χ4v) is 6.75. The zero-order valence-corrected chi connectivity index (χ0v) is 32.2. The standard InChI is InChI=1S/C44H44N4O.Pt/c1-29(2)22-31-12-10-13-32(23-30(3)4)43(31)33-27-46-47(28-33)35-14-11-15-36(25-35)49-37-18-19-39-38-16-8-9-17-40(38)48(41(39)26-37)42-24-34(20-21-45-42)44(5,6)7;/h8-21,24,27-30H,22-23H2,1-7H3;/q-2;+2. The minimum absolute atomic E-state index is 0. The SMILES string of the molecule is CC(C)Cc1cccc(CC(C)C)c1-c1cnn(-c2[c-]c(Oc3[c-]c4c(cc3)c3ccccc3n4-c3cc(C(C)(C)C)ccn3)ccc2)c1.[Pt+2]. The van der Waals surface area contributed by atoms with Gasteiger partial charge in [0.2, 0.25) is 0 Å². The van der Waals surface area contributed by atoms with Crippen LogP contribution in [0.5, 0.6) is 11.5 Å². The molecule has 0 saturated heterocycles. The average Bonchev–Trinajstić information content (AvgIpc) is 3.67. The van der Waals surface area contributed by atoms with Gasteiger partial charge >= 0.3 is 21.1 Å². The van der Waals surface area contributed by atoms with Crippen molar-refractivity contribution in [3.05, 3.63) is 132 Å². The van der Waals surface area contributed by atoms with E-state index in [-0.39, 0.29) is 26.5 Å². The Balaban J connectivity index is 0.00000432. The van der Waals surface area contributed by atoms with Crippen LogP contribution in [0.15, 0.2) is 104 Å². The van der Waals surface area contributed by atoms with E-state index >= 15 is 0 Å². The number of hydrogen-bond donors (Lipinski definition) is 0. The molecule has 7 aromatic rings. The zero-order valence-electron chi connectivity index (χ0n) is 29.9. The molecule has 256 valence electrons. The fraction of sp³-hybridized carbons (Fsp3) is 0.273. The average molecular weight is 840 g/mol. The molecule has 3 heterocycles. The number of nitrogens with zero attached hydrogens (tertiary/aromatic N) is 4. The number of para-hydroxylation sites is 1. The first-order valence-corrected chi connectivity index (χ1v) is 17.3. The van der Waals surface area contributed by atoms with Gasteiger partial charge in [-0.2, -0.15) is 17.2 Å². The predicted octanol–water partition coefficient (Wildman–Crippen LogP) is 11.1. The number of benzene rings is 4. The van der Waals surface area contributed by atoms with Gasteiger partial charge in [-0.3, -0.25) is 4.68 Å². The molecule has 0 bridgehead atoms. The Hall–Kier alpha value is -4.47. The summed E-state index contributed by atoms with van der Waals surface area (Å²) < 4.78 is 10.5. The summed E-state index contributed by atoms with van der Waals surface area (Å²) in [7, 11) is 0. The zero-order chi connectivity index (χ0) is 34.3. The van der Waals surface area contributed by atoms with Crippen molar-refractivity contribution in [3.8, 4) is 34.1 Å². The first kappa shape index (κ1) is 35.4. The molecular weight excluding hydrogens is 796 g/mol. The van der Waals surface area contributed by atoms with Crippen LogP contribution in [0, 0.1) is 24.0 Å². The summed E-state index contributed by atoms with van der Waals surface area (Å²) in [5.74, 6) is 3.20. The van der Waals surface area contributed by atoms with Crippen molar-refractivity contribution >= 4 is 21.8 Å². The van der Waals surface area contributed by atoms with Crippen molar-refractivity contribution in [2.75, 3.05) is 0 Å². The number of ether oxygens (including phenoxy) is 1. The van der Waals surface area contributed by atoms with Crippen LogP contribution in [0.1, 0.15) is 65.2 Å². The van der Waals surface area contributed by atoms with Crippen molar-refractivity contribution in [1.29, 1.82) is 0 Å². The predicted molar refractivity (Wildman–Crippen MR) is 201 cm³/mol. The Morgan fingerprint density at radius 3 is 2.18 bits per heavy atom. The van der Waals surface area contributed by atoms with Gasteiger partial charge in [0.15, 0.2) is 0 Å². The van der Waals surface area contributed by atoms with E-state index in [0.29, 0.717) is 23.3 Å². The molecule has 0 aliphatic rings. The molecule has 5 nitrogen and oxygen atoms in total. The van der Waals surface area contributed by atoms with Crippen LogP contribution in [0.2, 0.25) is 0 Å².